The van der Waals surface area contributed by atoms with Crippen molar-refractivity contribution in [2.45, 2.75) is 49.9 Å². The van der Waals surface area contributed by atoms with E-state index in [1.807, 2.05) is 0 Å². The molecule has 2 fully saturated rings. The maximum Gasteiger partial charge on any atom is 0.324 e. The monoisotopic (exact) mass is 330 g/mol. The van der Waals surface area contributed by atoms with Crippen LogP contribution in [0.2, 0.25) is 0 Å². The molecule has 0 radical (unpaired) electrons. The molecule has 0 aromatic carbocycles. The van der Waals surface area contributed by atoms with E-state index in [4.69, 9.17) is 0 Å². The van der Waals surface area contributed by atoms with Crippen molar-refractivity contribution >= 4 is 11.8 Å². The maximum absolute atomic E-state index is 13.2. The van der Waals surface area contributed by atoms with Crippen molar-refractivity contribution in [3.63, 3.8) is 0 Å². The molecule has 1 N–H and O–H groups in total. The van der Waals surface area contributed by atoms with Crippen LogP contribution in [0.15, 0.2) is 0 Å². The fraction of sp³-hybridized carbons (Fsp3) is 0.733. The van der Waals surface area contributed by atoms with Gasteiger partial charge >= 0.3 is 6.03 Å². The molecule has 0 bridgehead atoms. The first-order valence-electron chi connectivity index (χ1n) is 7.85. The Labute approximate surface area is 132 Å². The van der Waals surface area contributed by atoms with E-state index in [-0.39, 0.29) is 24.7 Å². The minimum atomic E-state index is -2.61. The number of aryl methyl sites for hydroxylation is 1. The normalized spacial score (nSPS) is 20.7. The fourth-order valence-electron chi connectivity index (χ4n) is 3.22. The van der Waals surface area contributed by atoms with Crippen LogP contribution >= 0.6 is 0 Å². The number of rotatable bonds is 4. The average Bonchev–Trinajstić information content (AvgIpc) is 2.71. The Morgan fingerprint density at radius 1 is 1.39 bits per heavy atom. The molecule has 8 heteroatoms. The van der Waals surface area contributed by atoms with Crippen molar-refractivity contribution < 1.29 is 18.0 Å². The highest BCUT2D eigenvalue weighted by Crippen LogP contribution is 2.52. The van der Waals surface area contributed by atoms with E-state index < -0.39 is 18.8 Å². The summed E-state index contributed by atoms with van der Waals surface area (Å²) in [6.45, 7) is -0.899. The van der Waals surface area contributed by atoms with E-state index in [0.29, 0.717) is 11.5 Å². The zero-order valence-corrected chi connectivity index (χ0v) is 13.3. The van der Waals surface area contributed by atoms with E-state index in [0.717, 1.165) is 29.7 Å². The molecule has 1 heterocycles. The number of anilines is 1. The number of amides is 2. The molecule has 1 aromatic rings. The van der Waals surface area contributed by atoms with Gasteiger partial charge in [0.2, 0.25) is 5.92 Å². The number of aromatic nitrogens is 2. The van der Waals surface area contributed by atoms with Gasteiger partial charge in [0.15, 0.2) is 6.80 Å². The predicted octanol–water partition coefficient (Wildman–Crippen LogP) is 3.59. The second kappa shape index (κ2) is 5.72. The third kappa shape index (κ3) is 2.90. The molecule has 5 nitrogen and oxygen atoms in total. The van der Waals surface area contributed by atoms with E-state index in [2.05, 4.69) is 10.4 Å². The standard InChI is InChI=1S/C15H21F3N4O/c1-21(8-16)14(23)19-13-11(9-4-3-5-9)12(20-22(13)2)10-6-15(17,18)7-10/h9-10H,3-8H2,1-2H3,(H,19,23). The maximum atomic E-state index is 13.2. The minimum absolute atomic E-state index is 0.193. The van der Waals surface area contributed by atoms with E-state index in [9.17, 15) is 18.0 Å². The molecule has 3 rings (SSSR count). The number of hydrogen-bond donors (Lipinski definition) is 1. The molecule has 1 aromatic heterocycles. The van der Waals surface area contributed by atoms with Crippen LogP contribution in [0, 0.1) is 0 Å². The smallest absolute Gasteiger partial charge is 0.300 e. The van der Waals surface area contributed by atoms with E-state index >= 15 is 0 Å². The molecule has 0 spiro atoms. The number of urea groups is 1. The lowest BCUT2D eigenvalue weighted by Gasteiger charge is -2.36. The summed E-state index contributed by atoms with van der Waals surface area (Å²) in [6.07, 6.45) is 2.62. The summed E-state index contributed by atoms with van der Waals surface area (Å²) in [5.41, 5.74) is 1.53. The molecule has 128 valence electrons. The van der Waals surface area contributed by atoms with Crippen LogP contribution in [0.5, 0.6) is 0 Å². The van der Waals surface area contributed by atoms with Crippen LogP contribution in [0.25, 0.3) is 0 Å². The van der Waals surface area contributed by atoms with Gasteiger partial charge in [-0.1, -0.05) is 6.42 Å². The topological polar surface area (TPSA) is 50.2 Å². The number of nitrogens with zero attached hydrogens (tertiary/aromatic N) is 3. The quantitative estimate of drug-likeness (QED) is 0.858. The van der Waals surface area contributed by atoms with Crippen molar-refractivity contribution in [3.05, 3.63) is 11.3 Å². The highest BCUT2D eigenvalue weighted by atomic mass is 19.3. The number of hydrogen-bond acceptors (Lipinski definition) is 2. The number of carbonyl (C=O) groups is 1. The third-order valence-corrected chi connectivity index (χ3v) is 4.85. The Morgan fingerprint density at radius 3 is 2.52 bits per heavy atom. The number of halogens is 3. The number of alkyl halides is 3. The average molecular weight is 330 g/mol. The molecule has 0 unspecified atom stereocenters. The Morgan fingerprint density at radius 2 is 2.04 bits per heavy atom. The lowest BCUT2D eigenvalue weighted by Crippen LogP contribution is -2.35. The molecule has 0 saturated heterocycles. The molecule has 2 aliphatic carbocycles. The first-order chi connectivity index (χ1) is 10.8. The van der Waals surface area contributed by atoms with E-state index in [1.54, 1.807) is 7.05 Å². The first-order valence-corrected chi connectivity index (χ1v) is 7.85. The molecule has 2 aliphatic rings. The van der Waals surface area contributed by atoms with Crippen molar-refractivity contribution in [2.24, 2.45) is 7.05 Å². The minimum Gasteiger partial charge on any atom is -0.300 e. The van der Waals surface area contributed by atoms with Gasteiger partial charge in [-0.3, -0.25) is 14.9 Å². The zero-order chi connectivity index (χ0) is 16.8. The molecule has 2 amide bonds. The SMILES string of the molecule is CN(CF)C(=O)Nc1c(C2CCC2)c(C2CC(F)(F)C2)nn1C. The van der Waals surface area contributed by atoms with Gasteiger partial charge in [0.25, 0.3) is 0 Å². The van der Waals surface area contributed by atoms with Crippen molar-refractivity contribution in [1.82, 2.24) is 14.7 Å². The summed E-state index contributed by atoms with van der Waals surface area (Å²) >= 11 is 0. The van der Waals surface area contributed by atoms with Gasteiger partial charge in [0, 0.05) is 38.4 Å². The number of nitrogens with one attached hydrogen (secondary N) is 1. The number of carbonyl (C=O) groups excluding carboxylic acids is 1. The van der Waals surface area contributed by atoms with E-state index in [1.165, 1.54) is 11.7 Å². The Kier molecular flexibility index (Phi) is 4.01. The van der Waals surface area contributed by atoms with Gasteiger partial charge in [-0.05, 0) is 18.8 Å². The summed E-state index contributed by atoms with van der Waals surface area (Å²) in [7, 11) is 3.02. The Hall–Kier alpha value is -1.73. The largest absolute Gasteiger partial charge is 0.324 e. The molecule has 2 saturated carbocycles. The second-order valence-corrected chi connectivity index (χ2v) is 6.61. The van der Waals surface area contributed by atoms with Crippen LogP contribution in [0.4, 0.5) is 23.8 Å². The van der Waals surface area contributed by atoms with Crippen LogP contribution in [-0.4, -0.2) is 40.5 Å². The zero-order valence-electron chi connectivity index (χ0n) is 13.3. The lowest BCUT2D eigenvalue weighted by molar-refractivity contribution is -0.0879. The van der Waals surface area contributed by atoms with Crippen LogP contribution in [0.1, 0.15) is 55.2 Å². The van der Waals surface area contributed by atoms with Crippen LogP contribution in [-0.2, 0) is 7.05 Å². The van der Waals surface area contributed by atoms with Gasteiger partial charge in [-0.25, -0.2) is 18.0 Å². The Balaban J connectivity index is 1.89. The fourth-order valence-corrected chi connectivity index (χ4v) is 3.22. The predicted molar refractivity (Wildman–Crippen MR) is 79.5 cm³/mol. The van der Waals surface area contributed by atoms with Gasteiger partial charge in [0.05, 0.1) is 5.69 Å². The molecular weight excluding hydrogens is 309 g/mol. The van der Waals surface area contributed by atoms with Crippen LogP contribution < -0.4 is 5.32 Å². The summed E-state index contributed by atoms with van der Waals surface area (Å²) in [5.74, 6) is -2.14. The highest BCUT2D eigenvalue weighted by Gasteiger charge is 2.49. The molecule has 23 heavy (non-hydrogen) atoms. The van der Waals surface area contributed by atoms with Gasteiger partial charge in [0.1, 0.15) is 5.82 Å². The van der Waals surface area contributed by atoms with Crippen molar-refractivity contribution in [1.29, 1.82) is 0 Å². The van der Waals surface area contributed by atoms with Crippen LogP contribution in [0.3, 0.4) is 0 Å². The lowest BCUT2D eigenvalue weighted by atomic mass is 9.73. The summed E-state index contributed by atoms with van der Waals surface area (Å²) in [6, 6.07) is -0.568. The highest BCUT2D eigenvalue weighted by molar-refractivity contribution is 5.89. The molecule has 0 atom stereocenters. The molecular formula is C15H21F3N4O. The summed E-state index contributed by atoms with van der Waals surface area (Å²) in [5, 5.41) is 7.08. The second-order valence-electron chi connectivity index (χ2n) is 6.61. The van der Waals surface area contributed by atoms with Crippen molar-refractivity contribution in [2.75, 3.05) is 19.2 Å². The summed E-state index contributed by atoms with van der Waals surface area (Å²) in [4.78, 5) is 12.9. The van der Waals surface area contributed by atoms with Crippen molar-refractivity contribution in [3.8, 4) is 0 Å². The first kappa shape index (κ1) is 16.1. The molecule has 0 aliphatic heterocycles. The Bertz CT molecular complexity index is 604. The summed E-state index contributed by atoms with van der Waals surface area (Å²) < 4.78 is 40.6. The van der Waals surface area contributed by atoms with Gasteiger partial charge in [-0.2, -0.15) is 5.10 Å². The third-order valence-electron chi connectivity index (χ3n) is 4.85. The van der Waals surface area contributed by atoms with Gasteiger partial charge in [-0.15, -0.1) is 0 Å². The van der Waals surface area contributed by atoms with Gasteiger partial charge < -0.3 is 0 Å².